The van der Waals surface area contributed by atoms with Crippen molar-refractivity contribution in [1.82, 2.24) is 9.80 Å². The molecule has 0 saturated heterocycles. The fraction of sp³-hybridized carbons (Fsp3) is 0.812. The van der Waals surface area contributed by atoms with Gasteiger partial charge in [-0.1, -0.05) is 122 Å². The van der Waals surface area contributed by atoms with Crippen molar-refractivity contribution in [2.45, 2.75) is 136 Å². The molecule has 0 amide bonds. The fourth-order valence-electron chi connectivity index (χ4n) is 4.96. The lowest BCUT2D eigenvalue weighted by Crippen LogP contribution is -2.16. The van der Waals surface area contributed by atoms with E-state index in [9.17, 15) is 0 Å². The Morgan fingerprint density at radius 1 is 0.543 bits per heavy atom. The smallest absolute Gasteiger partial charge is 0.128 e. The van der Waals surface area contributed by atoms with E-state index >= 15 is 0 Å². The van der Waals surface area contributed by atoms with Crippen LogP contribution in [0, 0.1) is 0 Å². The number of benzene rings is 1. The molecule has 0 radical (unpaired) electrons. The first-order valence-corrected chi connectivity index (χ1v) is 15.0. The molecule has 3 nitrogen and oxygen atoms in total. The van der Waals surface area contributed by atoms with E-state index in [-0.39, 0.29) is 0 Å². The number of unbranched alkanes of at least 4 members (excludes halogenated alkanes) is 15. The van der Waals surface area contributed by atoms with Gasteiger partial charge in [-0.25, -0.2) is 0 Å². The van der Waals surface area contributed by atoms with Crippen LogP contribution in [-0.2, 0) is 19.5 Å². The first kappa shape index (κ1) is 32.0. The van der Waals surface area contributed by atoms with Crippen LogP contribution in [0.3, 0.4) is 0 Å². The summed E-state index contributed by atoms with van der Waals surface area (Å²) in [4.78, 5) is 4.49. The lowest BCUT2D eigenvalue weighted by molar-refractivity contribution is 0.285. The van der Waals surface area contributed by atoms with E-state index < -0.39 is 0 Å². The summed E-state index contributed by atoms with van der Waals surface area (Å²) in [6, 6.07) is 4.70. The molecule has 0 N–H and O–H groups in total. The van der Waals surface area contributed by atoms with Crippen molar-refractivity contribution in [3.63, 3.8) is 0 Å². The van der Waals surface area contributed by atoms with Crippen LogP contribution in [-0.4, -0.2) is 44.6 Å². The summed E-state index contributed by atoms with van der Waals surface area (Å²) in [5.74, 6) is 1.13. The highest BCUT2D eigenvalue weighted by atomic mass is 16.5. The zero-order valence-electron chi connectivity index (χ0n) is 24.6. The normalized spacial score (nSPS) is 11.7. The van der Waals surface area contributed by atoms with Crippen molar-refractivity contribution < 1.29 is 4.74 Å². The first-order valence-electron chi connectivity index (χ1n) is 15.0. The minimum atomic E-state index is 0.838. The second-order valence-electron chi connectivity index (χ2n) is 11.2. The number of ether oxygens (including phenoxy) is 1. The van der Waals surface area contributed by atoms with Crippen molar-refractivity contribution in [1.29, 1.82) is 0 Å². The van der Waals surface area contributed by atoms with Crippen LogP contribution in [0.1, 0.15) is 133 Å². The van der Waals surface area contributed by atoms with E-state index in [0.717, 1.165) is 38.3 Å². The number of hydrogen-bond donors (Lipinski definition) is 0. The summed E-state index contributed by atoms with van der Waals surface area (Å²) in [6.07, 6.45) is 23.5. The van der Waals surface area contributed by atoms with Gasteiger partial charge in [-0.15, -0.1) is 0 Å². The van der Waals surface area contributed by atoms with Crippen LogP contribution in [0.15, 0.2) is 12.1 Å². The molecular formula is C32H60N2O. The summed E-state index contributed by atoms with van der Waals surface area (Å²) >= 11 is 0. The molecular weight excluding hydrogens is 428 g/mol. The maximum absolute atomic E-state index is 6.44. The molecule has 3 heteroatoms. The molecule has 1 aromatic rings. The summed E-state index contributed by atoms with van der Waals surface area (Å²) in [5, 5.41) is 0. The molecule has 0 spiro atoms. The molecule has 1 rings (SSSR count). The van der Waals surface area contributed by atoms with Gasteiger partial charge in [0.05, 0.1) is 6.61 Å². The average molecular weight is 489 g/mol. The summed E-state index contributed by atoms with van der Waals surface area (Å²) in [5.41, 5.74) is 4.08. The fourth-order valence-corrected chi connectivity index (χ4v) is 4.96. The standard InChI is InChI=1S/C32H60N2O/c1-7-9-10-11-12-13-14-15-16-17-18-19-20-21-22-23-24-35-32-30(27-33(3)4)25-29(8-2)26-31(32)28-34(5)6/h25-26H,7-24,27-28H2,1-6H3. The highest BCUT2D eigenvalue weighted by Crippen LogP contribution is 2.29. The monoisotopic (exact) mass is 488 g/mol. The van der Waals surface area contributed by atoms with E-state index in [2.05, 4.69) is 64.0 Å². The van der Waals surface area contributed by atoms with E-state index in [4.69, 9.17) is 4.74 Å². The third-order valence-electron chi connectivity index (χ3n) is 6.93. The molecule has 0 atom stereocenters. The Balaban J connectivity index is 2.19. The van der Waals surface area contributed by atoms with Gasteiger partial charge in [0.25, 0.3) is 0 Å². The van der Waals surface area contributed by atoms with Gasteiger partial charge in [0.15, 0.2) is 0 Å². The summed E-state index contributed by atoms with van der Waals surface area (Å²) in [7, 11) is 8.57. The van der Waals surface area contributed by atoms with E-state index in [1.54, 1.807) is 0 Å². The van der Waals surface area contributed by atoms with E-state index in [1.807, 2.05) is 0 Å². The van der Waals surface area contributed by atoms with Crippen LogP contribution < -0.4 is 4.74 Å². The van der Waals surface area contributed by atoms with Crippen LogP contribution in [0.2, 0.25) is 0 Å². The van der Waals surface area contributed by atoms with Gasteiger partial charge >= 0.3 is 0 Å². The highest BCUT2D eigenvalue weighted by molar-refractivity contribution is 5.45. The summed E-state index contributed by atoms with van der Waals surface area (Å²) < 4.78 is 6.44. The molecule has 0 heterocycles. The zero-order chi connectivity index (χ0) is 25.7. The number of nitrogens with zero attached hydrogens (tertiary/aromatic N) is 2. The van der Waals surface area contributed by atoms with E-state index in [0.29, 0.717) is 0 Å². The molecule has 35 heavy (non-hydrogen) atoms. The summed E-state index contributed by atoms with van der Waals surface area (Å²) in [6.45, 7) is 7.24. The second-order valence-corrected chi connectivity index (χ2v) is 11.2. The molecule has 0 aliphatic rings. The maximum Gasteiger partial charge on any atom is 0.128 e. The molecule has 0 fully saturated rings. The molecule has 0 aliphatic heterocycles. The first-order chi connectivity index (χ1) is 17.0. The number of hydrogen-bond acceptors (Lipinski definition) is 3. The van der Waals surface area contributed by atoms with Gasteiger partial charge in [-0.05, 0) is 46.6 Å². The van der Waals surface area contributed by atoms with Gasteiger partial charge in [-0.2, -0.15) is 0 Å². The van der Waals surface area contributed by atoms with Crippen LogP contribution in [0.4, 0.5) is 0 Å². The third-order valence-corrected chi connectivity index (χ3v) is 6.93. The lowest BCUT2D eigenvalue weighted by Gasteiger charge is -2.21. The van der Waals surface area contributed by atoms with Gasteiger partial charge < -0.3 is 14.5 Å². The lowest BCUT2D eigenvalue weighted by atomic mass is 10.0. The van der Waals surface area contributed by atoms with Gasteiger partial charge in [0, 0.05) is 24.2 Å². The Morgan fingerprint density at radius 2 is 0.914 bits per heavy atom. The van der Waals surface area contributed by atoms with Crippen LogP contribution >= 0.6 is 0 Å². The molecule has 0 aromatic heterocycles. The predicted octanol–water partition coefficient (Wildman–Crippen LogP) is 9.01. The van der Waals surface area contributed by atoms with Gasteiger partial charge in [-0.3, -0.25) is 0 Å². The van der Waals surface area contributed by atoms with Gasteiger partial charge in [0.1, 0.15) is 5.75 Å². The van der Waals surface area contributed by atoms with Crippen molar-refractivity contribution in [3.05, 3.63) is 28.8 Å². The zero-order valence-corrected chi connectivity index (χ0v) is 24.6. The average Bonchev–Trinajstić information content (AvgIpc) is 2.81. The highest BCUT2D eigenvalue weighted by Gasteiger charge is 2.14. The molecule has 204 valence electrons. The van der Waals surface area contributed by atoms with Crippen molar-refractivity contribution in [2.24, 2.45) is 0 Å². The van der Waals surface area contributed by atoms with Crippen molar-refractivity contribution >= 4 is 0 Å². The Labute approximate surface area is 220 Å². The topological polar surface area (TPSA) is 15.7 Å². The van der Waals surface area contributed by atoms with Crippen molar-refractivity contribution in [2.75, 3.05) is 34.8 Å². The maximum atomic E-state index is 6.44. The minimum absolute atomic E-state index is 0.838. The molecule has 1 aromatic carbocycles. The molecule has 0 aliphatic carbocycles. The predicted molar refractivity (Wildman–Crippen MR) is 156 cm³/mol. The van der Waals surface area contributed by atoms with Crippen molar-refractivity contribution in [3.8, 4) is 5.75 Å². The van der Waals surface area contributed by atoms with Crippen LogP contribution in [0.25, 0.3) is 0 Å². The Bertz CT molecular complexity index is 595. The Kier molecular flexibility index (Phi) is 19.2. The number of aryl methyl sites for hydroxylation is 1. The van der Waals surface area contributed by atoms with Crippen LogP contribution in [0.5, 0.6) is 5.75 Å². The SMILES string of the molecule is CCCCCCCCCCCCCCCCCCOc1c(CN(C)C)cc(CC)cc1CN(C)C. The van der Waals surface area contributed by atoms with E-state index in [1.165, 1.54) is 113 Å². The Morgan fingerprint density at radius 3 is 1.26 bits per heavy atom. The second kappa shape index (κ2) is 21.1. The Hall–Kier alpha value is -1.06. The number of rotatable bonds is 23. The van der Waals surface area contributed by atoms with Gasteiger partial charge in [0.2, 0.25) is 0 Å². The third kappa shape index (κ3) is 16.3. The molecule has 0 unspecified atom stereocenters. The quantitative estimate of drug-likeness (QED) is 0.143. The molecule has 0 saturated carbocycles. The largest absolute Gasteiger partial charge is 0.493 e. The molecule has 0 bridgehead atoms. The minimum Gasteiger partial charge on any atom is -0.493 e.